The van der Waals surface area contributed by atoms with Gasteiger partial charge in [-0.05, 0) is 47.4 Å². The first-order valence-electron chi connectivity index (χ1n) is 6.85. The molecule has 0 unspecified atom stereocenters. The number of imidazole rings is 1. The number of sulfonamides is 1. The van der Waals surface area contributed by atoms with E-state index in [0.29, 0.717) is 0 Å². The maximum absolute atomic E-state index is 12.4. The summed E-state index contributed by atoms with van der Waals surface area (Å²) in [6.07, 6.45) is 1.11. The van der Waals surface area contributed by atoms with E-state index in [1.807, 2.05) is 32.9 Å². The van der Waals surface area contributed by atoms with Gasteiger partial charge in [0.2, 0.25) is 6.33 Å². The fourth-order valence-electron chi connectivity index (χ4n) is 2.57. The maximum Gasteiger partial charge on any atom is 0.402 e. The maximum atomic E-state index is 12.4. The molecule has 2 aromatic rings. The Morgan fingerprint density at radius 3 is 2.35 bits per heavy atom. The molecule has 1 heterocycles. The summed E-state index contributed by atoms with van der Waals surface area (Å²) in [4.78, 5) is 13.7. The number of benzene rings is 1. The summed E-state index contributed by atoms with van der Waals surface area (Å²) < 4.78 is 28.4. The average molecular weight is 338 g/mol. The number of aryl methyl sites for hydroxylation is 4. The molecule has 0 atom stereocenters. The molecule has 0 aliphatic carbocycles. The lowest BCUT2D eigenvalue weighted by Crippen LogP contribution is -2.26. The third-order valence-corrected chi connectivity index (χ3v) is 5.08. The minimum absolute atomic E-state index is 0.0581. The Morgan fingerprint density at radius 2 is 1.83 bits per heavy atom. The lowest BCUT2D eigenvalue weighted by molar-refractivity contribution is -0.392. The Morgan fingerprint density at radius 1 is 1.26 bits per heavy atom. The molecule has 1 aromatic heterocycles. The minimum Gasteiger partial charge on any atom is -0.358 e. The van der Waals surface area contributed by atoms with Crippen molar-refractivity contribution in [3.05, 3.63) is 50.8 Å². The van der Waals surface area contributed by atoms with Gasteiger partial charge in [0, 0.05) is 13.6 Å². The van der Waals surface area contributed by atoms with Gasteiger partial charge >= 0.3 is 5.82 Å². The highest BCUT2D eigenvalue weighted by Gasteiger charge is 2.31. The van der Waals surface area contributed by atoms with Crippen LogP contribution in [0.3, 0.4) is 0 Å². The first-order valence-corrected chi connectivity index (χ1v) is 8.34. The van der Waals surface area contributed by atoms with Crippen LogP contribution in [0.4, 0.5) is 5.82 Å². The summed E-state index contributed by atoms with van der Waals surface area (Å²) in [5, 5.41) is 10.5. The van der Waals surface area contributed by atoms with E-state index in [4.69, 9.17) is 0 Å². The first-order chi connectivity index (χ1) is 10.6. The first kappa shape index (κ1) is 17.1. The van der Waals surface area contributed by atoms with Gasteiger partial charge in [0.1, 0.15) is 0 Å². The number of nitro groups is 1. The van der Waals surface area contributed by atoms with Crippen LogP contribution in [-0.4, -0.2) is 22.9 Å². The van der Waals surface area contributed by atoms with Gasteiger partial charge in [0.25, 0.3) is 15.0 Å². The second-order valence-electron chi connectivity index (χ2n) is 5.44. The number of aromatic nitrogens is 2. The summed E-state index contributed by atoms with van der Waals surface area (Å²) >= 11 is 0. The van der Waals surface area contributed by atoms with Crippen LogP contribution in [0.1, 0.15) is 22.3 Å². The van der Waals surface area contributed by atoms with Crippen LogP contribution in [0.5, 0.6) is 0 Å². The molecule has 0 saturated heterocycles. The zero-order valence-corrected chi connectivity index (χ0v) is 14.1. The number of nitrogens with one attached hydrogen (secondary N) is 1. The molecule has 23 heavy (non-hydrogen) atoms. The molecule has 124 valence electrons. The summed E-state index contributed by atoms with van der Waals surface area (Å²) in [6, 6.07) is 3.92. The van der Waals surface area contributed by atoms with Gasteiger partial charge in [0.15, 0.2) is 0 Å². The number of rotatable bonds is 5. The number of nitrogens with zero attached hydrogens (tertiary/aromatic N) is 3. The second-order valence-corrected chi connectivity index (χ2v) is 7.13. The van der Waals surface area contributed by atoms with Gasteiger partial charge in [-0.3, -0.25) is 4.57 Å². The van der Waals surface area contributed by atoms with Crippen LogP contribution in [0.15, 0.2) is 23.5 Å². The minimum atomic E-state index is -4.06. The summed E-state index contributed by atoms with van der Waals surface area (Å²) in [5.74, 6) is -0.683. The van der Waals surface area contributed by atoms with E-state index in [-0.39, 0.29) is 6.54 Å². The van der Waals surface area contributed by atoms with Crippen molar-refractivity contribution in [3.8, 4) is 0 Å². The number of hydrogen-bond acceptors (Lipinski definition) is 5. The van der Waals surface area contributed by atoms with E-state index in [1.54, 1.807) is 0 Å². The third kappa shape index (κ3) is 3.40. The molecular formula is C14H18N4O4S. The van der Waals surface area contributed by atoms with E-state index in [0.717, 1.165) is 33.1 Å². The normalized spacial score (nSPS) is 11.7. The van der Waals surface area contributed by atoms with E-state index >= 15 is 0 Å². The Labute approximate surface area is 134 Å². The lowest BCUT2D eigenvalue weighted by atomic mass is 10.0. The van der Waals surface area contributed by atoms with Gasteiger partial charge in [-0.25, -0.2) is 13.1 Å². The third-order valence-electron chi connectivity index (χ3n) is 3.57. The molecule has 0 spiro atoms. The molecule has 0 fully saturated rings. The Kier molecular flexibility index (Phi) is 4.53. The van der Waals surface area contributed by atoms with E-state index in [1.165, 1.54) is 7.05 Å². The molecule has 0 radical (unpaired) electrons. The highest BCUT2D eigenvalue weighted by molar-refractivity contribution is 7.89. The molecule has 9 heteroatoms. The second kappa shape index (κ2) is 6.09. The molecule has 2 rings (SSSR count). The molecule has 0 amide bonds. The van der Waals surface area contributed by atoms with Crippen LogP contribution in [0, 0.1) is 30.9 Å². The molecular weight excluding hydrogens is 320 g/mol. The quantitative estimate of drug-likeness (QED) is 0.660. The predicted octanol–water partition coefficient (Wildman–Crippen LogP) is 1.73. The van der Waals surface area contributed by atoms with Crippen LogP contribution in [0.2, 0.25) is 0 Å². The molecule has 0 aliphatic heterocycles. The monoisotopic (exact) mass is 338 g/mol. The SMILES string of the molecule is Cc1cc(C)c(CNS(=O)(=O)c2c([N+](=O)[O-])ncn2C)c(C)c1. The zero-order chi connectivity index (χ0) is 17.4. The van der Waals surface area contributed by atoms with Crippen molar-refractivity contribution in [2.45, 2.75) is 32.3 Å². The smallest absolute Gasteiger partial charge is 0.358 e. The van der Waals surface area contributed by atoms with Crippen molar-refractivity contribution in [1.82, 2.24) is 14.3 Å². The van der Waals surface area contributed by atoms with Gasteiger partial charge in [-0.15, -0.1) is 0 Å². The van der Waals surface area contributed by atoms with E-state index < -0.39 is 25.8 Å². The topological polar surface area (TPSA) is 107 Å². The van der Waals surface area contributed by atoms with Gasteiger partial charge < -0.3 is 10.1 Å². The van der Waals surface area contributed by atoms with Crippen LogP contribution in [0.25, 0.3) is 0 Å². The van der Waals surface area contributed by atoms with Crippen molar-refractivity contribution < 1.29 is 13.3 Å². The summed E-state index contributed by atoms with van der Waals surface area (Å²) in [7, 11) is -2.66. The van der Waals surface area contributed by atoms with Gasteiger partial charge in [-0.1, -0.05) is 17.7 Å². The van der Waals surface area contributed by atoms with Crippen molar-refractivity contribution in [1.29, 1.82) is 0 Å². The van der Waals surface area contributed by atoms with E-state index in [9.17, 15) is 18.5 Å². The molecule has 0 saturated carbocycles. The van der Waals surface area contributed by atoms with Gasteiger partial charge in [0.05, 0.1) is 0 Å². The average Bonchev–Trinajstić information content (AvgIpc) is 2.80. The van der Waals surface area contributed by atoms with Crippen LogP contribution in [-0.2, 0) is 23.6 Å². The van der Waals surface area contributed by atoms with Crippen molar-refractivity contribution in [3.63, 3.8) is 0 Å². The molecule has 0 aliphatic rings. The summed E-state index contributed by atoms with van der Waals surface area (Å²) in [5.41, 5.74) is 3.87. The lowest BCUT2D eigenvalue weighted by Gasteiger charge is -2.12. The predicted molar refractivity (Wildman–Crippen MR) is 84.5 cm³/mol. The van der Waals surface area contributed by atoms with Crippen LogP contribution < -0.4 is 4.72 Å². The molecule has 1 aromatic carbocycles. The fraction of sp³-hybridized carbons (Fsp3) is 0.357. The van der Waals surface area contributed by atoms with E-state index in [2.05, 4.69) is 9.71 Å². The van der Waals surface area contributed by atoms with Crippen LogP contribution >= 0.6 is 0 Å². The zero-order valence-electron chi connectivity index (χ0n) is 13.3. The summed E-state index contributed by atoms with van der Waals surface area (Å²) in [6.45, 7) is 5.82. The van der Waals surface area contributed by atoms with Crippen molar-refractivity contribution in [2.75, 3.05) is 0 Å². The Balaban J connectivity index is 2.34. The Bertz CT molecular complexity index is 848. The highest BCUT2D eigenvalue weighted by Crippen LogP contribution is 2.22. The van der Waals surface area contributed by atoms with Gasteiger partial charge in [-0.2, -0.15) is 0 Å². The largest absolute Gasteiger partial charge is 0.402 e. The Hall–Kier alpha value is -2.26. The highest BCUT2D eigenvalue weighted by atomic mass is 32.2. The number of hydrogen-bond donors (Lipinski definition) is 1. The molecule has 0 bridgehead atoms. The molecule has 8 nitrogen and oxygen atoms in total. The van der Waals surface area contributed by atoms with Crippen molar-refractivity contribution in [2.24, 2.45) is 7.05 Å². The fourth-order valence-corrected chi connectivity index (χ4v) is 3.83. The van der Waals surface area contributed by atoms with Crippen molar-refractivity contribution >= 4 is 15.8 Å². The standard InChI is InChI=1S/C14H18N4O4S/c1-9-5-10(2)12(11(3)6-9)7-16-23(21,22)14-13(18(19)20)15-8-17(14)4/h5-6,8,16H,7H2,1-4H3. The molecule has 1 N–H and O–H groups in total.